The molecule has 0 radical (unpaired) electrons. The van der Waals surface area contributed by atoms with Crippen LogP contribution in [0.2, 0.25) is 37.8 Å². The van der Waals surface area contributed by atoms with E-state index in [1.807, 2.05) is 0 Å². The first-order valence-corrected chi connectivity index (χ1v) is 14.4. The Morgan fingerprint density at radius 1 is 0.900 bits per heavy atom. The van der Waals surface area contributed by atoms with E-state index in [2.05, 4.69) is 75.6 Å². The monoisotopic (exact) mass is 304 g/mol. The first-order chi connectivity index (χ1) is 9.43. The molecule has 0 atom stereocenters. The Hall–Kier alpha value is -0.606. The van der Waals surface area contributed by atoms with Gasteiger partial charge in [0, 0.05) is 0 Å². The van der Waals surface area contributed by atoms with Crippen LogP contribution in [-0.4, -0.2) is 16.1 Å². The quantitative estimate of drug-likeness (QED) is 0.549. The Bertz CT molecular complexity index is 401. The summed E-state index contributed by atoms with van der Waals surface area (Å²) in [7, 11) is -2.40. The highest BCUT2D eigenvalue weighted by Crippen LogP contribution is 2.22. The molecule has 1 aromatic rings. The number of allylic oxidation sites excluding steroid dienone is 1. The van der Waals surface area contributed by atoms with Gasteiger partial charge >= 0.3 is 0 Å². The van der Waals surface area contributed by atoms with Crippen molar-refractivity contribution in [3.8, 4) is 0 Å². The topological polar surface area (TPSA) is 0 Å². The van der Waals surface area contributed by atoms with E-state index in [-0.39, 0.29) is 0 Å². The minimum absolute atomic E-state index is 1.11. The molecule has 0 unspecified atom stereocenters. The van der Waals surface area contributed by atoms with Crippen LogP contribution in [-0.2, 0) is 0 Å². The van der Waals surface area contributed by atoms with E-state index in [1.165, 1.54) is 31.0 Å². The smallest absolute Gasteiger partial charge is 0.0843 e. The fraction of sp³-hybridized carbons (Fsp3) is 0.556. The standard InChI is InChI=1S/C18H32Si2/c1-6-14-20(5,15-7-2)17-11-16-19(3,4)18-12-9-8-10-13-18/h8-13,17H,6-7,14-16H2,1-5H3. The molecule has 0 heterocycles. The van der Waals surface area contributed by atoms with Gasteiger partial charge in [-0.2, -0.15) is 0 Å². The Morgan fingerprint density at radius 2 is 1.45 bits per heavy atom. The van der Waals surface area contributed by atoms with E-state index in [0.717, 1.165) is 0 Å². The van der Waals surface area contributed by atoms with Crippen molar-refractivity contribution < 1.29 is 0 Å². The number of benzene rings is 1. The largest absolute Gasteiger partial charge is 0.0987 e. The number of hydrogen-bond acceptors (Lipinski definition) is 0. The summed E-state index contributed by atoms with van der Waals surface area (Å²) in [5.74, 6) is 0. The van der Waals surface area contributed by atoms with Crippen molar-refractivity contribution in [2.24, 2.45) is 0 Å². The summed E-state index contributed by atoms with van der Waals surface area (Å²) in [6, 6.07) is 15.3. The molecular weight excluding hydrogens is 272 g/mol. The van der Waals surface area contributed by atoms with Crippen LogP contribution in [0.4, 0.5) is 0 Å². The maximum atomic E-state index is 2.65. The van der Waals surface area contributed by atoms with Crippen molar-refractivity contribution in [2.75, 3.05) is 0 Å². The number of hydrogen-bond donors (Lipinski definition) is 0. The third kappa shape index (κ3) is 5.41. The Kier molecular flexibility index (Phi) is 6.97. The summed E-state index contributed by atoms with van der Waals surface area (Å²) in [6.45, 7) is 12.2. The van der Waals surface area contributed by atoms with E-state index >= 15 is 0 Å². The minimum Gasteiger partial charge on any atom is -0.0987 e. The second-order valence-corrected chi connectivity index (χ2v) is 16.4. The molecule has 0 saturated heterocycles. The summed E-state index contributed by atoms with van der Waals surface area (Å²) < 4.78 is 0. The van der Waals surface area contributed by atoms with Crippen molar-refractivity contribution in [1.82, 2.24) is 0 Å². The van der Waals surface area contributed by atoms with Crippen LogP contribution in [0, 0.1) is 0 Å². The summed E-state index contributed by atoms with van der Waals surface area (Å²) in [4.78, 5) is 0. The van der Waals surface area contributed by atoms with Crippen LogP contribution in [0.15, 0.2) is 42.1 Å². The highest BCUT2D eigenvalue weighted by atomic mass is 28.3. The maximum absolute atomic E-state index is 2.65. The molecule has 0 aromatic heterocycles. The molecular formula is C18H32Si2. The fourth-order valence-corrected chi connectivity index (χ4v) is 8.91. The van der Waals surface area contributed by atoms with Gasteiger partial charge < -0.3 is 0 Å². The van der Waals surface area contributed by atoms with Gasteiger partial charge in [0.25, 0.3) is 0 Å². The molecule has 0 nitrogen and oxygen atoms in total. The van der Waals surface area contributed by atoms with Crippen molar-refractivity contribution in [3.05, 3.63) is 42.1 Å². The highest BCUT2D eigenvalue weighted by Gasteiger charge is 2.24. The van der Waals surface area contributed by atoms with E-state index in [1.54, 1.807) is 5.19 Å². The van der Waals surface area contributed by atoms with Gasteiger partial charge in [-0.3, -0.25) is 0 Å². The first kappa shape index (κ1) is 17.4. The molecule has 0 N–H and O–H groups in total. The van der Waals surface area contributed by atoms with Gasteiger partial charge in [0.2, 0.25) is 0 Å². The summed E-state index contributed by atoms with van der Waals surface area (Å²) in [5.41, 5.74) is 2.65. The molecule has 0 aliphatic heterocycles. The molecule has 1 rings (SSSR count). The molecule has 112 valence electrons. The van der Waals surface area contributed by atoms with Gasteiger partial charge in [-0.15, -0.1) is 0 Å². The lowest BCUT2D eigenvalue weighted by Crippen LogP contribution is -2.40. The molecule has 1 aromatic carbocycles. The Balaban J connectivity index is 2.71. The van der Waals surface area contributed by atoms with Crippen molar-refractivity contribution in [3.63, 3.8) is 0 Å². The van der Waals surface area contributed by atoms with Gasteiger partial charge in [-0.25, -0.2) is 0 Å². The van der Waals surface area contributed by atoms with Crippen molar-refractivity contribution in [1.29, 1.82) is 0 Å². The molecule has 20 heavy (non-hydrogen) atoms. The lowest BCUT2D eigenvalue weighted by atomic mass is 10.4. The predicted molar refractivity (Wildman–Crippen MR) is 99.3 cm³/mol. The SMILES string of the molecule is CCC[Si](C)(C=CC[Si](C)(C)c1ccccc1)CCC. The molecule has 0 spiro atoms. The zero-order valence-corrected chi connectivity index (χ0v) is 16.1. The molecule has 2 heteroatoms. The first-order valence-electron chi connectivity index (χ1n) is 8.17. The third-order valence-electron chi connectivity index (χ3n) is 4.35. The molecule has 0 amide bonds. The van der Waals surface area contributed by atoms with Crippen LogP contribution < -0.4 is 5.19 Å². The molecule has 0 fully saturated rings. The Morgan fingerprint density at radius 3 is 1.95 bits per heavy atom. The third-order valence-corrected chi connectivity index (χ3v) is 11.8. The summed E-state index contributed by atoms with van der Waals surface area (Å²) >= 11 is 0. The van der Waals surface area contributed by atoms with Crippen LogP contribution in [0.1, 0.15) is 26.7 Å². The van der Waals surface area contributed by atoms with Crippen LogP contribution in [0.25, 0.3) is 0 Å². The molecule has 0 saturated carbocycles. The van der Waals surface area contributed by atoms with E-state index in [0.29, 0.717) is 0 Å². The van der Waals surface area contributed by atoms with Gasteiger partial charge in [0.05, 0.1) is 16.1 Å². The second-order valence-electron chi connectivity index (χ2n) is 7.01. The van der Waals surface area contributed by atoms with Gasteiger partial charge in [0.15, 0.2) is 0 Å². The van der Waals surface area contributed by atoms with Crippen molar-refractivity contribution >= 4 is 21.3 Å². The van der Waals surface area contributed by atoms with Crippen LogP contribution in [0.5, 0.6) is 0 Å². The van der Waals surface area contributed by atoms with E-state index in [9.17, 15) is 0 Å². The van der Waals surface area contributed by atoms with Crippen molar-refractivity contribution in [2.45, 2.75) is 64.5 Å². The minimum atomic E-state index is -1.29. The van der Waals surface area contributed by atoms with Gasteiger partial charge in [-0.1, -0.05) is 106 Å². The lowest BCUT2D eigenvalue weighted by Gasteiger charge is -2.25. The Labute approximate surface area is 128 Å². The van der Waals surface area contributed by atoms with E-state index in [4.69, 9.17) is 0 Å². The van der Waals surface area contributed by atoms with Gasteiger partial charge in [0.1, 0.15) is 0 Å². The fourth-order valence-electron chi connectivity index (χ4n) is 3.08. The zero-order valence-electron chi connectivity index (χ0n) is 14.1. The molecule has 0 aliphatic rings. The van der Waals surface area contributed by atoms with Crippen LogP contribution >= 0.6 is 0 Å². The molecule has 0 aliphatic carbocycles. The second kappa shape index (κ2) is 7.99. The zero-order chi connectivity index (χ0) is 15.1. The summed E-state index contributed by atoms with van der Waals surface area (Å²) in [5, 5.41) is 1.58. The predicted octanol–water partition coefficient (Wildman–Crippen LogP) is 5.60. The average Bonchev–Trinajstić information content (AvgIpc) is 2.40. The summed E-state index contributed by atoms with van der Waals surface area (Å²) in [6.07, 6.45) is 5.22. The highest BCUT2D eigenvalue weighted by molar-refractivity contribution is 6.90. The lowest BCUT2D eigenvalue weighted by molar-refractivity contribution is 0.989. The van der Waals surface area contributed by atoms with Crippen LogP contribution in [0.3, 0.4) is 0 Å². The van der Waals surface area contributed by atoms with Gasteiger partial charge in [-0.05, 0) is 6.04 Å². The maximum Gasteiger partial charge on any atom is 0.0843 e. The number of rotatable bonds is 8. The van der Waals surface area contributed by atoms with E-state index < -0.39 is 16.1 Å². The molecule has 0 bridgehead atoms. The normalized spacial score (nSPS) is 13.1. The average molecular weight is 305 g/mol.